The van der Waals surface area contributed by atoms with E-state index in [4.69, 9.17) is 9.72 Å². The number of pyridine rings is 1. The number of imidazole rings is 1. The molecule has 0 bridgehead atoms. The van der Waals surface area contributed by atoms with E-state index < -0.39 is 16.2 Å². The van der Waals surface area contributed by atoms with E-state index in [1.807, 2.05) is 12.3 Å². The molecule has 0 radical (unpaired) electrons. The summed E-state index contributed by atoms with van der Waals surface area (Å²) < 4.78 is 14.0. The molecule has 0 saturated heterocycles. The van der Waals surface area contributed by atoms with Gasteiger partial charge in [-0.25, -0.2) is 4.98 Å². The molecule has 0 unspecified atom stereocenters. The van der Waals surface area contributed by atoms with Crippen LogP contribution in [0.1, 0.15) is 154 Å². The average molecular weight is 1190 g/mol. The molecule has 0 aliphatic carbocycles. The van der Waals surface area contributed by atoms with Crippen molar-refractivity contribution >= 4 is 21.8 Å². The van der Waals surface area contributed by atoms with Gasteiger partial charge in [0.05, 0.1) is 17.1 Å². The number of rotatable bonds is 11. The normalized spacial score (nSPS) is 12.8. The van der Waals surface area contributed by atoms with E-state index >= 15 is 0 Å². The molecule has 0 N–H and O–H groups in total. The van der Waals surface area contributed by atoms with Crippen molar-refractivity contribution in [2.24, 2.45) is 0 Å². The molecule has 3 aromatic heterocycles. The van der Waals surface area contributed by atoms with E-state index in [1.165, 1.54) is 33.4 Å². The summed E-state index contributed by atoms with van der Waals surface area (Å²) in [5.74, 6) is 2.00. The number of fused-ring (bicyclic) bond motifs is 3. The maximum absolute atomic E-state index is 7.18. The fourth-order valence-electron chi connectivity index (χ4n) is 11.0. The summed E-state index contributed by atoms with van der Waals surface area (Å²) in [6.45, 7) is 34.6. The molecule has 396 valence electrons. The Labute approximate surface area is 473 Å². The summed E-state index contributed by atoms with van der Waals surface area (Å²) >= 11 is 0. The summed E-state index contributed by atoms with van der Waals surface area (Å²) in [7, 11) is 0. The van der Waals surface area contributed by atoms with Gasteiger partial charge in [-0.3, -0.25) is 4.57 Å². The standard InChI is InChI=1S/C71H74N4O.Pt/c1-66(2,3)51-38-39-72-62(43-51)75-60-37-26-25-36-58(60)63-59(69(10,11)48-28-19-16-20-29-48)45-57(46-61(63)75)76-56-35-27-34-54(44-56)73-47-74(55-41-52(67(4,5)6)40-53(42-55)68(7,8)9)65(71(14,15)50-32-23-18-24-33-50)64(73)70(12,13)49-30-21-17-22-31-49;/h16-43,45H,1-15H3;/q-2;. The van der Waals surface area contributed by atoms with Crippen molar-refractivity contribution in [1.82, 2.24) is 14.1 Å². The second kappa shape index (κ2) is 20.2. The molecule has 6 heteroatoms. The summed E-state index contributed by atoms with van der Waals surface area (Å²) in [6.07, 6.45) is 5.97. The third-order valence-corrected chi connectivity index (χ3v) is 15.8. The molecule has 77 heavy (non-hydrogen) atoms. The van der Waals surface area contributed by atoms with Crippen molar-refractivity contribution in [3.8, 4) is 28.7 Å². The molecule has 0 atom stereocenters. The molecule has 10 aromatic rings. The first-order chi connectivity index (χ1) is 35.8. The second-order valence-corrected chi connectivity index (χ2v) is 25.5. The van der Waals surface area contributed by atoms with E-state index in [1.54, 1.807) is 0 Å². The monoisotopic (exact) mass is 1190 g/mol. The quantitative estimate of drug-likeness (QED) is 0.0956. The molecule has 0 aliphatic heterocycles. The van der Waals surface area contributed by atoms with Crippen LogP contribution in [0.2, 0.25) is 0 Å². The summed E-state index contributed by atoms with van der Waals surface area (Å²) in [5.41, 5.74) is 12.9. The van der Waals surface area contributed by atoms with Gasteiger partial charge in [0.2, 0.25) is 0 Å². The maximum atomic E-state index is 7.18. The van der Waals surface area contributed by atoms with E-state index in [9.17, 15) is 0 Å². The van der Waals surface area contributed by atoms with Gasteiger partial charge in [0.15, 0.2) is 0 Å². The van der Waals surface area contributed by atoms with Gasteiger partial charge in [-0.05, 0) is 96.4 Å². The molecular weight excluding hydrogens is 1120 g/mol. The predicted molar refractivity (Wildman–Crippen MR) is 314 cm³/mol. The predicted octanol–water partition coefficient (Wildman–Crippen LogP) is 17.3. The number of ether oxygens (including phenoxy) is 1. The first kappa shape index (κ1) is 55.0. The van der Waals surface area contributed by atoms with Crippen LogP contribution in [0.15, 0.2) is 176 Å². The number of para-hydroxylation sites is 1. The maximum Gasteiger partial charge on any atom is 0.267 e. The number of nitrogens with zero attached hydrogens (tertiary/aromatic N) is 4. The Kier molecular flexibility index (Phi) is 14.4. The van der Waals surface area contributed by atoms with Gasteiger partial charge < -0.3 is 13.9 Å². The van der Waals surface area contributed by atoms with Crippen molar-refractivity contribution in [3.63, 3.8) is 0 Å². The third-order valence-electron chi connectivity index (χ3n) is 15.8. The first-order valence-corrected chi connectivity index (χ1v) is 27.0. The van der Waals surface area contributed by atoms with E-state index in [2.05, 4.69) is 300 Å². The Morgan fingerprint density at radius 1 is 0.468 bits per heavy atom. The van der Waals surface area contributed by atoms with Crippen LogP contribution in [0.25, 0.3) is 39.0 Å². The minimum Gasteiger partial charge on any atom is -0.510 e. The Bertz CT molecular complexity index is 3710. The summed E-state index contributed by atoms with van der Waals surface area (Å²) in [5, 5.41) is 2.26. The summed E-state index contributed by atoms with van der Waals surface area (Å²) in [4.78, 5) is 5.04. The number of hydrogen-bond acceptors (Lipinski definition) is 2. The van der Waals surface area contributed by atoms with Crippen LogP contribution in [0, 0.1) is 18.5 Å². The topological polar surface area (TPSA) is 35.9 Å². The van der Waals surface area contributed by atoms with Crippen molar-refractivity contribution in [1.29, 1.82) is 0 Å². The first-order valence-electron chi connectivity index (χ1n) is 27.0. The van der Waals surface area contributed by atoms with Crippen LogP contribution in [-0.4, -0.2) is 14.1 Å². The van der Waals surface area contributed by atoms with Gasteiger partial charge >= 0.3 is 0 Å². The van der Waals surface area contributed by atoms with Gasteiger partial charge in [0.1, 0.15) is 5.82 Å². The van der Waals surface area contributed by atoms with E-state index in [-0.39, 0.29) is 37.3 Å². The molecular formula is C71H74N4OPt-2. The zero-order valence-electron chi connectivity index (χ0n) is 47.8. The van der Waals surface area contributed by atoms with Crippen LogP contribution in [-0.2, 0) is 53.6 Å². The van der Waals surface area contributed by atoms with E-state index in [0.717, 1.165) is 55.9 Å². The van der Waals surface area contributed by atoms with Crippen molar-refractivity contribution < 1.29 is 30.4 Å². The van der Waals surface area contributed by atoms with Crippen LogP contribution in [0.5, 0.6) is 11.5 Å². The molecule has 10 rings (SSSR count). The van der Waals surface area contributed by atoms with Gasteiger partial charge in [0, 0.05) is 55.1 Å². The minimum absolute atomic E-state index is 0. The van der Waals surface area contributed by atoms with Crippen LogP contribution >= 0.6 is 0 Å². The Morgan fingerprint density at radius 2 is 1.00 bits per heavy atom. The summed E-state index contributed by atoms with van der Waals surface area (Å²) in [6, 6.07) is 68.8. The zero-order chi connectivity index (χ0) is 54.2. The fraction of sp³-hybridized carbons (Fsp3) is 0.296. The van der Waals surface area contributed by atoms with Crippen LogP contribution in [0.3, 0.4) is 0 Å². The Morgan fingerprint density at radius 3 is 1.57 bits per heavy atom. The van der Waals surface area contributed by atoms with Gasteiger partial charge in [-0.2, -0.15) is 12.1 Å². The van der Waals surface area contributed by atoms with Crippen molar-refractivity contribution in [2.45, 2.75) is 136 Å². The fourth-order valence-corrected chi connectivity index (χ4v) is 11.0. The smallest absolute Gasteiger partial charge is 0.267 e. The molecule has 3 heterocycles. The number of hydrogen-bond donors (Lipinski definition) is 0. The van der Waals surface area contributed by atoms with Crippen molar-refractivity contribution in [3.05, 3.63) is 245 Å². The molecule has 0 fully saturated rings. The van der Waals surface area contributed by atoms with Gasteiger partial charge in [0.25, 0.3) is 6.33 Å². The Balaban J connectivity index is 0.00000722. The van der Waals surface area contributed by atoms with Gasteiger partial charge in [-0.15, -0.1) is 29.8 Å². The molecule has 0 aliphatic rings. The second-order valence-electron chi connectivity index (χ2n) is 25.5. The Hall–Kier alpha value is -6.81. The third kappa shape index (κ3) is 10.3. The minimum atomic E-state index is -0.522. The molecule has 0 spiro atoms. The molecule has 0 amide bonds. The molecule has 7 aromatic carbocycles. The largest absolute Gasteiger partial charge is 0.510 e. The van der Waals surface area contributed by atoms with Crippen molar-refractivity contribution in [2.75, 3.05) is 0 Å². The average Bonchev–Trinajstić information content (AvgIpc) is 4.10. The number of aromatic nitrogens is 4. The SMILES string of the molecule is CC(C)(C)c1cc(-[n+]2[c-]n(-c3[c-]c(Oc4[c-]c5c(c(C(C)(C)c6ccccc6)c4)c4ccccc4n5-c4cc(C(C)(C)C)ccn4)ccc3)c(C(C)(C)c3ccccc3)c2C(C)(C)c2ccccc2)cc(C(C)(C)C)c1.[Pt]. The number of benzene rings is 7. The van der Waals surface area contributed by atoms with Gasteiger partial charge in [-0.1, -0.05) is 230 Å². The molecule has 5 nitrogen and oxygen atoms in total. The van der Waals surface area contributed by atoms with E-state index in [0.29, 0.717) is 11.5 Å². The zero-order valence-corrected chi connectivity index (χ0v) is 50.0. The van der Waals surface area contributed by atoms with Crippen LogP contribution < -0.4 is 9.30 Å². The van der Waals surface area contributed by atoms with Crippen LogP contribution in [0.4, 0.5) is 0 Å². The molecule has 0 saturated carbocycles.